The molecule has 0 bridgehead atoms. The summed E-state index contributed by atoms with van der Waals surface area (Å²) >= 11 is 3.38. The van der Waals surface area contributed by atoms with E-state index in [1.54, 1.807) is 0 Å². The molecule has 0 aliphatic carbocycles. The number of anilines is 1. The van der Waals surface area contributed by atoms with Crippen molar-refractivity contribution in [2.45, 2.75) is 26.1 Å². The Bertz CT molecular complexity index is 596. The second-order valence-corrected chi connectivity index (χ2v) is 5.35. The van der Waals surface area contributed by atoms with Gasteiger partial charge < -0.3 is 5.32 Å². The minimum Gasteiger partial charge on any atom is -0.366 e. The molecule has 2 aromatic rings. The van der Waals surface area contributed by atoms with Gasteiger partial charge in [-0.25, -0.2) is 9.50 Å². The quantitative estimate of drug-likeness (QED) is 0.857. The molecule has 4 nitrogen and oxygen atoms in total. The maximum absolute atomic E-state index is 12.7. The van der Waals surface area contributed by atoms with Crippen LogP contribution in [0.1, 0.15) is 19.5 Å². The van der Waals surface area contributed by atoms with Crippen molar-refractivity contribution in [3.8, 4) is 0 Å². The Morgan fingerprint density at radius 1 is 1.40 bits per heavy atom. The van der Waals surface area contributed by atoms with Crippen LogP contribution in [-0.4, -0.2) is 26.0 Å². The monoisotopic (exact) mass is 350 g/mol. The van der Waals surface area contributed by atoms with E-state index in [0.29, 0.717) is 17.3 Å². The third kappa shape index (κ3) is 3.05. The van der Waals surface area contributed by atoms with E-state index in [1.165, 1.54) is 16.9 Å². The highest BCUT2D eigenvalue weighted by Crippen LogP contribution is 2.30. The van der Waals surface area contributed by atoms with Crippen LogP contribution in [0.4, 0.5) is 19.0 Å². The maximum atomic E-state index is 12.7. The smallest absolute Gasteiger partial charge is 0.366 e. The van der Waals surface area contributed by atoms with Gasteiger partial charge in [0.25, 0.3) is 0 Å². The molecule has 2 rings (SSSR count). The van der Waals surface area contributed by atoms with Crippen molar-refractivity contribution in [3.05, 3.63) is 24.2 Å². The summed E-state index contributed by atoms with van der Waals surface area (Å²) in [5.41, 5.74) is -0.608. The van der Waals surface area contributed by atoms with Gasteiger partial charge in [-0.05, 0) is 12.8 Å². The Balaban J connectivity index is 2.37. The third-order valence-corrected chi connectivity index (χ3v) is 4.16. The zero-order valence-corrected chi connectivity index (χ0v) is 12.5. The van der Waals surface area contributed by atoms with Gasteiger partial charge in [0.05, 0.1) is 0 Å². The van der Waals surface area contributed by atoms with Crippen LogP contribution in [0.5, 0.6) is 0 Å². The summed E-state index contributed by atoms with van der Waals surface area (Å²) in [7, 11) is 0. The number of rotatable bonds is 4. The highest BCUT2D eigenvalue weighted by molar-refractivity contribution is 9.09. The molecule has 2 aromatic heterocycles. The van der Waals surface area contributed by atoms with Crippen LogP contribution < -0.4 is 5.32 Å². The van der Waals surface area contributed by atoms with Crippen LogP contribution in [0.2, 0.25) is 0 Å². The normalized spacial score (nSPS) is 15.3. The molecule has 2 unspecified atom stereocenters. The lowest BCUT2D eigenvalue weighted by Gasteiger charge is -2.20. The van der Waals surface area contributed by atoms with Crippen LogP contribution in [0.3, 0.4) is 0 Å². The van der Waals surface area contributed by atoms with Crippen molar-refractivity contribution >= 4 is 27.3 Å². The second-order valence-electron chi connectivity index (χ2n) is 4.70. The van der Waals surface area contributed by atoms with Gasteiger partial charge in [0.15, 0.2) is 11.5 Å². The summed E-state index contributed by atoms with van der Waals surface area (Å²) in [6.45, 7) is 3.99. The molecule has 0 saturated carbocycles. The molecule has 0 fully saturated rings. The summed E-state index contributed by atoms with van der Waals surface area (Å²) in [6, 6.07) is 1.07. The van der Waals surface area contributed by atoms with E-state index in [4.69, 9.17) is 0 Å². The number of hydrogen-bond acceptors (Lipinski definition) is 3. The van der Waals surface area contributed by atoms with E-state index in [9.17, 15) is 13.2 Å². The fourth-order valence-electron chi connectivity index (χ4n) is 1.66. The molecule has 0 amide bonds. The van der Waals surface area contributed by atoms with Crippen LogP contribution >= 0.6 is 15.9 Å². The van der Waals surface area contributed by atoms with Crippen molar-refractivity contribution in [1.29, 1.82) is 0 Å². The first-order valence-electron chi connectivity index (χ1n) is 6.07. The number of hydrogen-bond donors (Lipinski definition) is 1. The van der Waals surface area contributed by atoms with Crippen LogP contribution in [0.15, 0.2) is 18.5 Å². The molecule has 8 heteroatoms. The third-order valence-electron chi connectivity index (χ3n) is 3.14. The summed E-state index contributed by atoms with van der Waals surface area (Å²) in [5, 5.41) is 7.44. The number of nitrogens with zero attached hydrogens (tertiary/aromatic N) is 3. The Hall–Kier alpha value is -1.31. The fourth-order valence-corrected chi connectivity index (χ4v) is 2.22. The van der Waals surface area contributed by atoms with Gasteiger partial charge in [-0.15, -0.1) is 0 Å². The van der Waals surface area contributed by atoms with Crippen LogP contribution in [-0.2, 0) is 6.18 Å². The zero-order chi connectivity index (χ0) is 14.9. The number of alkyl halides is 4. The highest BCUT2D eigenvalue weighted by atomic mass is 79.9. The minimum atomic E-state index is -4.46. The second kappa shape index (κ2) is 5.59. The lowest BCUT2D eigenvalue weighted by Crippen LogP contribution is -2.25. The van der Waals surface area contributed by atoms with E-state index in [2.05, 4.69) is 31.3 Å². The topological polar surface area (TPSA) is 42.2 Å². The van der Waals surface area contributed by atoms with E-state index >= 15 is 0 Å². The Morgan fingerprint density at radius 2 is 2.10 bits per heavy atom. The van der Waals surface area contributed by atoms with Crippen molar-refractivity contribution in [3.63, 3.8) is 0 Å². The SMILES string of the molecule is CC(CBr)C(C)Nc1nccn2nc(C(F)(F)F)cc12. The molecular weight excluding hydrogens is 337 g/mol. The summed E-state index contributed by atoms with van der Waals surface area (Å²) < 4.78 is 39.2. The molecule has 0 aliphatic heterocycles. The number of fused-ring (bicyclic) bond motifs is 1. The molecule has 0 radical (unpaired) electrons. The lowest BCUT2D eigenvalue weighted by atomic mass is 10.1. The number of nitrogens with one attached hydrogen (secondary N) is 1. The summed E-state index contributed by atoms with van der Waals surface area (Å²) in [5.74, 6) is 0.706. The van der Waals surface area contributed by atoms with Gasteiger partial charge in [0, 0.05) is 29.8 Å². The molecular formula is C12H14BrF3N4. The average molecular weight is 351 g/mol. The molecule has 0 saturated heterocycles. The fraction of sp³-hybridized carbons (Fsp3) is 0.500. The lowest BCUT2D eigenvalue weighted by molar-refractivity contribution is -0.141. The van der Waals surface area contributed by atoms with Crippen molar-refractivity contribution in [2.75, 3.05) is 10.6 Å². The van der Waals surface area contributed by atoms with Gasteiger partial charge in [-0.2, -0.15) is 18.3 Å². The Kier molecular flexibility index (Phi) is 4.22. The standard InChI is InChI=1S/C12H14BrF3N4/c1-7(6-13)8(2)18-11-9-5-10(12(14,15)16)19-20(9)4-3-17-11/h3-5,7-8H,6H2,1-2H3,(H,17,18). The van der Waals surface area contributed by atoms with Crippen molar-refractivity contribution in [1.82, 2.24) is 14.6 Å². The van der Waals surface area contributed by atoms with Gasteiger partial charge >= 0.3 is 6.18 Å². The molecule has 2 heterocycles. The van der Waals surface area contributed by atoms with E-state index in [0.717, 1.165) is 11.4 Å². The van der Waals surface area contributed by atoms with Crippen molar-refractivity contribution in [2.24, 2.45) is 5.92 Å². The molecule has 2 atom stereocenters. The Morgan fingerprint density at radius 3 is 2.70 bits per heavy atom. The van der Waals surface area contributed by atoms with E-state index in [1.807, 2.05) is 13.8 Å². The van der Waals surface area contributed by atoms with Gasteiger partial charge in [0.2, 0.25) is 0 Å². The number of halogens is 4. The first-order valence-corrected chi connectivity index (χ1v) is 7.19. The number of aromatic nitrogens is 3. The van der Waals surface area contributed by atoms with Gasteiger partial charge in [-0.1, -0.05) is 22.9 Å². The first kappa shape index (κ1) is 15.1. The molecule has 20 heavy (non-hydrogen) atoms. The summed E-state index contributed by atoms with van der Waals surface area (Å²) in [4.78, 5) is 4.10. The maximum Gasteiger partial charge on any atom is 0.435 e. The Labute approximate surface area is 122 Å². The highest BCUT2D eigenvalue weighted by Gasteiger charge is 2.34. The largest absolute Gasteiger partial charge is 0.435 e. The molecule has 110 valence electrons. The molecule has 0 aliphatic rings. The summed E-state index contributed by atoms with van der Waals surface area (Å²) in [6.07, 6.45) is -1.64. The van der Waals surface area contributed by atoms with Gasteiger partial charge in [-0.3, -0.25) is 0 Å². The van der Waals surface area contributed by atoms with Crippen molar-refractivity contribution < 1.29 is 13.2 Å². The predicted molar refractivity (Wildman–Crippen MR) is 74.0 cm³/mol. The van der Waals surface area contributed by atoms with E-state index < -0.39 is 11.9 Å². The minimum absolute atomic E-state index is 0.0670. The molecule has 1 N–H and O–H groups in total. The first-order chi connectivity index (χ1) is 9.32. The average Bonchev–Trinajstić information content (AvgIpc) is 2.82. The molecule has 0 spiro atoms. The van der Waals surface area contributed by atoms with Crippen LogP contribution in [0.25, 0.3) is 5.52 Å². The molecule has 0 aromatic carbocycles. The van der Waals surface area contributed by atoms with E-state index in [-0.39, 0.29) is 6.04 Å². The van der Waals surface area contributed by atoms with Gasteiger partial charge in [0.1, 0.15) is 5.52 Å². The van der Waals surface area contributed by atoms with Crippen LogP contribution in [0, 0.1) is 5.92 Å². The predicted octanol–water partition coefficient (Wildman–Crippen LogP) is 3.58. The zero-order valence-electron chi connectivity index (χ0n) is 10.9.